The summed E-state index contributed by atoms with van der Waals surface area (Å²) in [6.45, 7) is 2.96. The van der Waals surface area contributed by atoms with E-state index in [1.807, 2.05) is 4.90 Å². The molecule has 45 heavy (non-hydrogen) atoms. The Labute approximate surface area is 269 Å². The number of hydrogen-bond acceptors (Lipinski definition) is 7. The molecule has 232 valence electrons. The van der Waals surface area contributed by atoms with E-state index in [-0.39, 0.29) is 42.8 Å². The molecule has 2 aliphatic heterocycles. The minimum atomic E-state index is -2.52. The maximum atomic E-state index is 15.2. The number of fused-ring (bicyclic) bond motifs is 3. The number of piperidine rings is 1. The third kappa shape index (κ3) is 4.96. The largest absolute Gasteiger partial charge is 0.508 e. The molecule has 4 atom stereocenters. The third-order valence-corrected chi connectivity index (χ3v) is 9.58. The van der Waals surface area contributed by atoms with Crippen LogP contribution in [0.15, 0.2) is 42.6 Å². The molecule has 0 bridgehead atoms. The Hall–Kier alpha value is -4.29. The van der Waals surface area contributed by atoms with Crippen LogP contribution in [-0.2, 0) is 0 Å². The normalized spacial score (nSPS) is 27.4. The van der Waals surface area contributed by atoms with Crippen molar-refractivity contribution in [2.24, 2.45) is 11.3 Å². The van der Waals surface area contributed by atoms with Crippen LogP contribution in [0.5, 0.6) is 11.8 Å². The predicted molar refractivity (Wildman–Crippen MR) is 173 cm³/mol. The lowest BCUT2D eigenvalue weighted by Crippen LogP contribution is -2.44. The van der Waals surface area contributed by atoms with Crippen molar-refractivity contribution in [3.8, 4) is 35.4 Å². The summed E-state index contributed by atoms with van der Waals surface area (Å²) in [5, 5.41) is 12.0. The molecule has 1 saturated carbocycles. The number of phenolic OH excluding ortho intramolecular Hbond substituents is 1. The fraction of sp³-hybridized carbons (Fsp3) is 0.417. The van der Waals surface area contributed by atoms with Gasteiger partial charge in [-0.15, -0.1) is 6.42 Å². The van der Waals surface area contributed by atoms with Crippen LogP contribution in [-0.4, -0.2) is 70.3 Å². The van der Waals surface area contributed by atoms with Crippen molar-refractivity contribution in [2.75, 3.05) is 38.1 Å². The number of rotatable bonds is 5. The summed E-state index contributed by atoms with van der Waals surface area (Å²) in [7, 11) is 0. The molecule has 0 radical (unpaired) electrons. The van der Waals surface area contributed by atoms with E-state index in [0.717, 1.165) is 19.3 Å². The second kappa shape index (κ2) is 11.0. The van der Waals surface area contributed by atoms with Crippen LogP contribution < -0.4 is 9.64 Å². The van der Waals surface area contributed by atoms with Crippen LogP contribution in [0.4, 0.5) is 14.6 Å². The van der Waals surface area contributed by atoms with E-state index in [9.17, 15) is 9.50 Å². The SMILES string of the molecule is [2H]C([2H])([2H])N1CCC(=C)[C@](C)(C([2H])([2H])Oc2nc(N3CCCC[C@H]4[C@H](F)[C@H]43)c3cnc(-c4cc(O)cc5ccc(F)c(C#C)c45)c(C)c3n2)C1. The summed E-state index contributed by atoms with van der Waals surface area (Å²) in [6.07, 6.45) is 8.90. The monoisotopic (exact) mass is 614 g/mol. The van der Waals surface area contributed by atoms with E-state index in [4.69, 9.17) is 33.0 Å². The Kier molecular flexibility index (Phi) is 5.84. The van der Waals surface area contributed by atoms with Gasteiger partial charge in [0.25, 0.3) is 0 Å². The Morgan fingerprint density at radius 3 is 2.93 bits per heavy atom. The van der Waals surface area contributed by atoms with Crippen molar-refractivity contribution in [1.82, 2.24) is 19.9 Å². The highest BCUT2D eigenvalue weighted by atomic mass is 19.1. The van der Waals surface area contributed by atoms with E-state index < -0.39 is 37.0 Å². The minimum absolute atomic E-state index is 0.00442. The lowest BCUT2D eigenvalue weighted by molar-refractivity contribution is 0.112. The van der Waals surface area contributed by atoms with Crippen molar-refractivity contribution in [3.63, 3.8) is 0 Å². The van der Waals surface area contributed by atoms with E-state index in [1.54, 1.807) is 20.0 Å². The maximum Gasteiger partial charge on any atom is 0.318 e. The van der Waals surface area contributed by atoms with Gasteiger partial charge in [-0.3, -0.25) is 4.98 Å². The molecule has 4 heterocycles. The van der Waals surface area contributed by atoms with Crippen LogP contribution in [0.2, 0.25) is 0 Å². The van der Waals surface area contributed by atoms with Crippen LogP contribution in [0, 0.1) is 36.4 Å². The van der Waals surface area contributed by atoms with Gasteiger partial charge in [0, 0.05) is 57.8 Å². The van der Waals surface area contributed by atoms with Gasteiger partial charge in [0.05, 0.1) is 30.9 Å². The molecule has 0 amide bonds. The van der Waals surface area contributed by atoms with E-state index >= 15 is 4.39 Å². The first kappa shape index (κ1) is 24.0. The Bertz CT molecular complexity index is 2100. The van der Waals surface area contributed by atoms with Crippen molar-refractivity contribution in [3.05, 3.63) is 59.6 Å². The minimum Gasteiger partial charge on any atom is -0.508 e. The summed E-state index contributed by atoms with van der Waals surface area (Å²) in [6, 6.07) is 4.94. The maximum absolute atomic E-state index is 15.2. The quantitative estimate of drug-likeness (QED) is 0.201. The number of likely N-dealkylation sites (tertiary alicyclic amines) is 1. The molecule has 0 spiro atoms. The number of aromatic hydroxyl groups is 1. The number of ether oxygens (including phenoxy) is 1. The first-order valence-electron chi connectivity index (χ1n) is 17.7. The average molecular weight is 615 g/mol. The molecule has 3 aliphatic rings. The molecule has 9 heteroatoms. The Morgan fingerprint density at radius 2 is 2.13 bits per heavy atom. The van der Waals surface area contributed by atoms with Gasteiger partial charge in [-0.05, 0) is 56.7 Å². The van der Waals surface area contributed by atoms with E-state index in [0.29, 0.717) is 56.4 Å². The second-order valence-corrected chi connectivity index (χ2v) is 12.6. The van der Waals surface area contributed by atoms with Crippen LogP contribution in [0.1, 0.15) is 50.6 Å². The van der Waals surface area contributed by atoms with E-state index in [2.05, 4.69) is 12.5 Å². The second-order valence-electron chi connectivity index (χ2n) is 12.6. The molecule has 2 aromatic heterocycles. The van der Waals surface area contributed by atoms with Crippen LogP contribution in [0.25, 0.3) is 32.9 Å². The zero-order valence-corrected chi connectivity index (χ0v) is 25.2. The van der Waals surface area contributed by atoms with Gasteiger partial charge in [-0.25, -0.2) is 8.78 Å². The van der Waals surface area contributed by atoms with Gasteiger partial charge >= 0.3 is 6.01 Å². The number of anilines is 1. The van der Waals surface area contributed by atoms with Crippen molar-refractivity contribution >= 4 is 27.5 Å². The van der Waals surface area contributed by atoms with Gasteiger partial charge < -0.3 is 19.6 Å². The smallest absolute Gasteiger partial charge is 0.318 e. The fourth-order valence-corrected chi connectivity index (χ4v) is 6.96. The molecule has 7 rings (SSSR count). The van der Waals surface area contributed by atoms with Gasteiger partial charge in [-0.2, -0.15) is 9.97 Å². The number of benzene rings is 2. The van der Waals surface area contributed by atoms with Gasteiger partial charge in [0.2, 0.25) is 0 Å². The number of terminal acetylenes is 1. The molecule has 4 aromatic rings. The first-order chi connectivity index (χ1) is 23.6. The zero-order valence-electron chi connectivity index (χ0n) is 30.2. The summed E-state index contributed by atoms with van der Waals surface area (Å²) >= 11 is 0. The number of hydrogen-bond donors (Lipinski definition) is 1. The zero-order chi connectivity index (χ0) is 35.9. The summed E-state index contributed by atoms with van der Waals surface area (Å²) in [5.41, 5.74) is 0.550. The summed E-state index contributed by atoms with van der Waals surface area (Å²) in [5.74, 6) is 1.91. The Balaban J connectivity index is 1.41. The molecule has 0 unspecified atom stereocenters. The number of alkyl halides is 1. The number of halogens is 2. The lowest BCUT2D eigenvalue weighted by atomic mass is 9.79. The molecular weight excluding hydrogens is 572 g/mol. The third-order valence-electron chi connectivity index (χ3n) is 9.58. The first-order valence-corrected chi connectivity index (χ1v) is 15.2. The number of aromatic nitrogens is 3. The number of phenols is 1. The topological polar surface area (TPSA) is 74.6 Å². The molecule has 7 nitrogen and oxygen atoms in total. The Morgan fingerprint density at radius 1 is 1.29 bits per heavy atom. The number of nitrogens with zero attached hydrogens (tertiary/aromatic N) is 5. The van der Waals surface area contributed by atoms with Gasteiger partial charge in [0.1, 0.15) is 30.1 Å². The van der Waals surface area contributed by atoms with E-state index in [1.165, 1.54) is 29.2 Å². The molecular formula is C36H37F2N5O2. The molecule has 2 aromatic carbocycles. The lowest BCUT2D eigenvalue weighted by Gasteiger charge is -2.40. The molecule has 1 aliphatic carbocycles. The highest BCUT2D eigenvalue weighted by Gasteiger charge is 2.55. The standard InChI is InChI=1S/C36H37F2N5O2/c1-6-24-28(37)11-10-22-15-23(44)16-26(29(22)24)31-21(3)32-27(17-39-31)34(43-13-8-7-9-25-30(38)33(25)43)41-35(40-32)45-19-36(4)18-42(5)14-12-20(36)2/h1,10-11,15-17,25,30,33,44H,2,7-9,12-14,18-19H2,3-5H3/t25-,30-,33-,36-/m0/s1/i5D3,19D2. The van der Waals surface area contributed by atoms with Crippen molar-refractivity contribution in [2.45, 2.75) is 51.7 Å². The van der Waals surface area contributed by atoms with Crippen molar-refractivity contribution < 1.29 is 25.5 Å². The highest BCUT2D eigenvalue weighted by Crippen LogP contribution is 2.48. The van der Waals surface area contributed by atoms with Crippen molar-refractivity contribution in [1.29, 1.82) is 0 Å². The van der Waals surface area contributed by atoms with Crippen LogP contribution >= 0.6 is 0 Å². The predicted octanol–water partition coefficient (Wildman–Crippen LogP) is 6.58. The van der Waals surface area contributed by atoms with Gasteiger partial charge in [-0.1, -0.05) is 37.5 Å². The average Bonchev–Trinajstić information content (AvgIpc) is 3.75. The van der Waals surface area contributed by atoms with Crippen LogP contribution in [0.3, 0.4) is 0 Å². The summed E-state index contributed by atoms with van der Waals surface area (Å²) < 4.78 is 78.3. The number of pyridine rings is 1. The van der Waals surface area contributed by atoms with Gasteiger partial charge in [0.15, 0.2) is 0 Å². The molecule has 3 fully saturated rings. The highest BCUT2D eigenvalue weighted by molar-refractivity contribution is 6.04. The fourth-order valence-electron chi connectivity index (χ4n) is 6.96. The molecule has 2 saturated heterocycles. The number of aryl methyl sites for hydroxylation is 1. The molecule has 1 N–H and O–H groups in total. The summed E-state index contributed by atoms with van der Waals surface area (Å²) in [4.78, 5) is 17.3.